The average Bonchev–Trinajstić information content (AvgIpc) is 2.16. The molecule has 0 aliphatic rings. The molecule has 0 unspecified atom stereocenters. The summed E-state index contributed by atoms with van der Waals surface area (Å²) >= 11 is 0. The van der Waals surface area contributed by atoms with Crippen LogP contribution < -0.4 is 0 Å². The molecule has 2 N–H and O–H groups in total. The van der Waals surface area contributed by atoms with Gasteiger partial charge in [-0.3, -0.25) is 4.55 Å². The van der Waals surface area contributed by atoms with Crippen LogP contribution in [0, 0.1) is 0 Å². The van der Waals surface area contributed by atoms with E-state index < -0.39 is 10.4 Å². The Hall–Kier alpha value is 1.09. The van der Waals surface area contributed by atoms with Gasteiger partial charge in [0.15, 0.2) is 0 Å². The Balaban J connectivity index is -0.000000440. The van der Waals surface area contributed by atoms with Gasteiger partial charge in [-0.15, -0.1) is 0 Å². The summed E-state index contributed by atoms with van der Waals surface area (Å²) in [6.45, 7) is 4.16. The minimum atomic E-state index is -4.22. The van der Waals surface area contributed by atoms with Gasteiger partial charge in [-0.1, -0.05) is 39.0 Å². The van der Waals surface area contributed by atoms with E-state index in [1.54, 1.807) is 6.92 Å². The molecule has 0 spiro atoms. The van der Waals surface area contributed by atoms with Crippen LogP contribution >= 0.6 is 0 Å². The number of rotatable bonds is 8. The van der Waals surface area contributed by atoms with Crippen LogP contribution in [0.25, 0.3) is 0 Å². The Labute approximate surface area is 135 Å². The molecule has 0 saturated carbocycles. The third-order valence-corrected chi connectivity index (χ3v) is 2.19. The van der Waals surface area contributed by atoms with Crippen molar-refractivity contribution in [1.29, 1.82) is 0 Å². The van der Waals surface area contributed by atoms with Gasteiger partial charge in [0.25, 0.3) is 0 Å². The monoisotopic (exact) mass is 298 g/mol. The second kappa shape index (κ2) is 17.1. The Bertz CT molecular complexity index is 219. The molecule has 0 aromatic carbocycles. The molecule has 0 bridgehead atoms. The molecule has 0 rings (SSSR count). The van der Waals surface area contributed by atoms with E-state index >= 15 is 0 Å². The summed E-state index contributed by atoms with van der Waals surface area (Å²) in [5.41, 5.74) is 0. The second-order valence-corrected chi connectivity index (χ2v) is 4.42. The number of hydrogen-bond acceptors (Lipinski definition) is 4. The fourth-order valence-corrected chi connectivity index (χ4v) is 1.38. The SMILES string of the molecule is CCCCCCCCOS(=O)(=O)O.CCO.[CaH2]. The third kappa shape index (κ3) is 31.6. The van der Waals surface area contributed by atoms with Crippen molar-refractivity contribution >= 4 is 48.1 Å². The van der Waals surface area contributed by atoms with Crippen LogP contribution in [0.4, 0.5) is 0 Å². The first-order valence-electron chi connectivity index (χ1n) is 5.70. The van der Waals surface area contributed by atoms with Gasteiger partial charge in [-0.05, 0) is 13.3 Å². The number of unbranched alkanes of at least 4 members (excludes halogenated alkanes) is 5. The summed E-state index contributed by atoms with van der Waals surface area (Å²) < 4.78 is 32.6. The van der Waals surface area contributed by atoms with Crippen LogP contribution in [0.3, 0.4) is 0 Å². The molecule has 0 atom stereocenters. The van der Waals surface area contributed by atoms with Crippen molar-refractivity contribution in [3.63, 3.8) is 0 Å². The first-order valence-corrected chi connectivity index (χ1v) is 7.07. The molecular weight excluding hydrogens is 272 g/mol. The molecule has 0 aromatic heterocycles. The number of hydrogen-bond donors (Lipinski definition) is 2. The summed E-state index contributed by atoms with van der Waals surface area (Å²) in [5.74, 6) is 0. The molecule has 0 heterocycles. The summed E-state index contributed by atoms with van der Waals surface area (Å²) in [7, 11) is -4.22. The summed E-state index contributed by atoms with van der Waals surface area (Å²) in [6, 6.07) is 0. The van der Waals surface area contributed by atoms with E-state index in [1.165, 1.54) is 19.3 Å². The molecule has 7 heteroatoms. The van der Waals surface area contributed by atoms with E-state index in [4.69, 9.17) is 9.66 Å². The fraction of sp³-hybridized carbons (Fsp3) is 1.00. The van der Waals surface area contributed by atoms with Crippen LogP contribution in [-0.2, 0) is 14.6 Å². The third-order valence-electron chi connectivity index (χ3n) is 1.73. The second-order valence-electron chi connectivity index (χ2n) is 3.33. The Kier molecular flexibility index (Phi) is 23.3. The van der Waals surface area contributed by atoms with Crippen molar-refractivity contribution in [1.82, 2.24) is 0 Å². The standard InChI is InChI=1S/C8H18O4S.C2H6O.Ca.2H/c1-2-3-4-5-6-7-8-12-13(9,10)11;1-2-3;;;/h2-8H2,1H3,(H,9,10,11);3H,2H2,1H3;;;. The van der Waals surface area contributed by atoms with Crippen molar-refractivity contribution in [2.24, 2.45) is 0 Å². The Morgan fingerprint density at radius 1 is 1.00 bits per heavy atom. The minimum absolute atomic E-state index is 0. The van der Waals surface area contributed by atoms with Crippen LogP contribution in [0.1, 0.15) is 52.4 Å². The number of aliphatic hydroxyl groups is 1. The normalized spacial score (nSPS) is 10.1. The van der Waals surface area contributed by atoms with Crippen LogP contribution in [0.2, 0.25) is 0 Å². The molecule has 104 valence electrons. The quantitative estimate of drug-likeness (QED) is 0.400. The Morgan fingerprint density at radius 2 is 1.41 bits per heavy atom. The van der Waals surface area contributed by atoms with Gasteiger partial charge < -0.3 is 5.11 Å². The summed E-state index contributed by atoms with van der Waals surface area (Å²) in [5, 5.41) is 7.57. The van der Waals surface area contributed by atoms with Crippen molar-refractivity contribution in [2.75, 3.05) is 13.2 Å². The zero-order chi connectivity index (χ0) is 12.9. The molecule has 0 saturated heterocycles. The van der Waals surface area contributed by atoms with Crippen molar-refractivity contribution in [3.8, 4) is 0 Å². The summed E-state index contributed by atoms with van der Waals surface area (Å²) in [6.07, 6.45) is 6.34. The number of aliphatic hydroxyl groups excluding tert-OH is 1. The molecule has 0 radical (unpaired) electrons. The van der Waals surface area contributed by atoms with Crippen LogP contribution in [-0.4, -0.2) is 69.0 Å². The van der Waals surface area contributed by atoms with E-state index in [1.807, 2.05) is 0 Å². The molecule has 0 aromatic rings. The van der Waals surface area contributed by atoms with E-state index in [-0.39, 0.29) is 51.0 Å². The average molecular weight is 298 g/mol. The summed E-state index contributed by atoms with van der Waals surface area (Å²) in [4.78, 5) is 0. The molecule has 0 amide bonds. The van der Waals surface area contributed by atoms with Gasteiger partial charge in [-0.25, -0.2) is 4.18 Å². The first-order chi connectivity index (χ1) is 7.47. The van der Waals surface area contributed by atoms with Crippen LogP contribution in [0.5, 0.6) is 0 Å². The van der Waals surface area contributed by atoms with Crippen molar-refractivity contribution < 1.29 is 22.3 Å². The maximum atomic E-state index is 10.1. The topological polar surface area (TPSA) is 83.8 Å². The van der Waals surface area contributed by atoms with Gasteiger partial charge in [0, 0.05) is 6.61 Å². The van der Waals surface area contributed by atoms with E-state index in [0.717, 1.165) is 12.8 Å². The van der Waals surface area contributed by atoms with Crippen LogP contribution in [0.15, 0.2) is 0 Å². The molecule has 0 fully saturated rings. The molecule has 17 heavy (non-hydrogen) atoms. The zero-order valence-corrected chi connectivity index (χ0v) is 11.0. The van der Waals surface area contributed by atoms with Gasteiger partial charge in [-0.2, -0.15) is 8.42 Å². The molecular formula is C10H26CaO5S. The molecule has 0 aliphatic carbocycles. The van der Waals surface area contributed by atoms with Gasteiger partial charge in [0.2, 0.25) is 0 Å². The Morgan fingerprint density at radius 3 is 1.82 bits per heavy atom. The predicted octanol–water partition coefficient (Wildman–Crippen LogP) is 1.25. The van der Waals surface area contributed by atoms with Crippen molar-refractivity contribution in [2.45, 2.75) is 52.4 Å². The van der Waals surface area contributed by atoms with E-state index in [2.05, 4.69) is 11.1 Å². The predicted molar refractivity (Wildman–Crippen MR) is 72.2 cm³/mol. The van der Waals surface area contributed by atoms with Gasteiger partial charge in [0.1, 0.15) is 0 Å². The van der Waals surface area contributed by atoms with E-state index in [9.17, 15) is 8.42 Å². The van der Waals surface area contributed by atoms with Gasteiger partial charge >= 0.3 is 48.1 Å². The zero-order valence-electron chi connectivity index (χ0n) is 10.2. The first kappa shape index (κ1) is 23.2. The van der Waals surface area contributed by atoms with Gasteiger partial charge in [0.05, 0.1) is 6.61 Å². The van der Waals surface area contributed by atoms with Crippen molar-refractivity contribution in [3.05, 3.63) is 0 Å². The maximum absolute atomic E-state index is 10.1. The fourth-order valence-electron chi connectivity index (χ4n) is 1.05. The molecule has 5 nitrogen and oxygen atoms in total. The molecule has 0 aliphatic heterocycles. The van der Waals surface area contributed by atoms with E-state index in [0.29, 0.717) is 6.42 Å².